The smallest absolute Gasteiger partial charge is 0.316 e. The number of carbonyl (C=O) groups excluding carboxylic acids is 1. The molecule has 138 valence electrons. The SMILES string of the molecule is CCCn1c(SCC(=O)Nc2sc3c(c2C#N)CC[C@@H](C)C3)n[nH]c1=O. The number of aromatic amines is 1. The summed E-state index contributed by atoms with van der Waals surface area (Å²) in [5.74, 6) is 0.552. The Hall–Kier alpha value is -2.05. The zero-order valence-electron chi connectivity index (χ0n) is 14.8. The molecule has 0 saturated heterocycles. The van der Waals surface area contributed by atoms with Crippen molar-refractivity contribution in [2.24, 2.45) is 5.92 Å². The molecule has 0 bridgehead atoms. The maximum Gasteiger partial charge on any atom is 0.343 e. The average molecular weight is 392 g/mol. The number of H-pyrrole nitrogens is 1. The van der Waals surface area contributed by atoms with Crippen molar-refractivity contribution in [2.45, 2.75) is 51.2 Å². The van der Waals surface area contributed by atoms with E-state index in [1.54, 1.807) is 0 Å². The molecule has 9 heteroatoms. The average Bonchev–Trinajstić information content (AvgIpc) is 3.13. The van der Waals surface area contributed by atoms with E-state index >= 15 is 0 Å². The third-order valence-electron chi connectivity index (χ3n) is 4.38. The first-order valence-electron chi connectivity index (χ1n) is 8.66. The molecule has 26 heavy (non-hydrogen) atoms. The van der Waals surface area contributed by atoms with Crippen LogP contribution in [0.15, 0.2) is 9.95 Å². The fourth-order valence-corrected chi connectivity index (χ4v) is 5.23. The number of nitrogens with zero attached hydrogens (tertiary/aromatic N) is 3. The van der Waals surface area contributed by atoms with Gasteiger partial charge in [-0.05, 0) is 37.2 Å². The zero-order valence-corrected chi connectivity index (χ0v) is 16.4. The Bertz CT molecular complexity index is 905. The summed E-state index contributed by atoms with van der Waals surface area (Å²) in [6.07, 6.45) is 3.76. The van der Waals surface area contributed by atoms with Crippen LogP contribution in [0, 0.1) is 17.2 Å². The lowest BCUT2D eigenvalue weighted by molar-refractivity contribution is -0.113. The summed E-state index contributed by atoms with van der Waals surface area (Å²) in [5.41, 5.74) is 1.45. The third kappa shape index (κ3) is 3.86. The van der Waals surface area contributed by atoms with E-state index in [1.165, 1.54) is 32.5 Å². The Labute approximate surface area is 159 Å². The van der Waals surface area contributed by atoms with Crippen LogP contribution in [0.1, 0.15) is 42.7 Å². The fourth-order valence-electron chi connectivity index (χ4n) is 3.08. The van der Waals surface area contributed by atoms with Crippen molar-refractivity contribution in [3.05, 3.63) is 26.5 Å². The normalized spacial score (nSPS) is 16.1. The van der Waals surface area contributed by atoms with Gasteiger partial charge >= 0.3 is 5.69 Å². The lowest BCUT2D eigenvalue weighted by atomic mass is 9.89. The van der Waals surface area contributed by atoms with Gasteiger partial charge in [-0.15, -0.1) is 16.4 Å². The molecule has 0 saturated carbocycles. The molecule has 0 radical (unpaired) electrons. The Kier molecular flexibility index (Phi) is 5.84. The first-order chi connectivity index (χ1) is 12.5. The first-order valence-corrected chi connectivity index (χ1v) is 10.5. The lowest BCUT2D eigenvalue weighted by Crippen LogP contribution is -2.18. The van der Waals surface area contributed by atoms with E-state index in [9.17, 15) is 14.9 Å². The van der Waals surface area contributed by atoms with E-state index < -0.39 is 0 Å². The minimum Gasteiger partial charge on any atom is -0.316 e. The summed E-state index contributed by atoms with van der Waals surface area (Å²) in [4.78, 5) is 25.2. The second kappa shape index (κ2) is 8.10. The summed E-state index contributed by atoms with van der Waals surface area (Å²) in [5, 5.41) is 19.9. The van der Waals surface area contributed by atoms with Crippen LogP contribution in [0.3, 0.4) is 0 Å². The molecule has 7 nitrogen and oxygen atoms in total. The number of hydrogen-bond donors (Lipinski definition) is 2. The van der Waals surface area contributed by atoms with Crippen molar-refractivity contribution in [3.8, 4) is 6.07 Å². The van der Waals surface area contributed by atoms with Crippen molar-refractivity contribution in [2.75, 3.05) is 11.1 Å². The van der Waals surface area contributed by atoms with Gasteiger partial charge in [-0.2, -0.15) is 5.26 Å². The van der Waals surface area contributed by atoms with Gasteiger partial charge in [-0.1, -0.05) is 25.6 Å². The van der Waals surface area contributed by atoms with Gasteiger partial charge in [-0.3, -0.25) is 9.36 Å². The molecule has 2 aromatic rings. The number of nitrogens with one attached hydrogen (secondary N) is 2. The summed E-state index contributed by atoms with van der Waals surface area (Å²) in [6.45, 7) is 4.75. The molecule has 0 spiro atoms. The summed E-state index contributed by atoms with van der Waals surface area (Å²) in [7, 11) is 0. The highest BCUT2D eigenvalue weighted by Gasteiger charge is 2.24. The Morgan fingerprint density at radius 2 is 2.38 bits per heavy atom. The highest BCUT2D eigenvalue weighted by molar-refractivity contribution is 7.99. The van der Waals surface area contributed by atoms with Gasteiger partial charge in [-0.25, -0.2) is 9.89 Å². The molecule has 2 N–H and O–H groups in total. The Morgan fingerprint density at radius 1 is 1.58 bits per heavy atom. The number of hydrogen-bond acceptors (Lipinski definition) is 6. The molecule has 0 unspecified atom stereocenters. The monoisotopic (exact) mass is 391 g/mol. The van der Waals surface area contributed by atoms with Crippen molar-refractivity contribution in [1.82, 2.24) is 14.8 Å². The Balaban J connectivity index is 1.68. The second-order valence-electron chi connectivity index (χ2n) is 6.47. The molecular formula is C17H21N5O2S2. The van der Waals surface area contributed by atoms with Crippen LogP contribution in [0.2, 0.25) is 0 Å². The number of thioether (sulfide) groups is 1. The number of nitriles is 1. The predicted octanol–water partition coefficient (Wildman–Crippen LogP) is 2.77. The number of rotatable bonds is 6. The molecular weight excluding hydrogens is 370 g/mol. The van der Waals surface area contributed by atoms with Gasteiger partial charge in [0, 0.05) is 11.4 Å². The number of amides is 1. The molecule has 1 atom stereocenters. The van der Waals surface area contributed by atoms with Crippen molar-refractivity contribution in [1.29, 1.82) is 5.26 Å². The number of carbonyl (C=O) groups is 1. The molecule has 1 aliphatic rings. The van der Waals surface area contributed by atoms with E-state index in [4.69, 9.17) is 0 Å². The van der Waals surface area contributed by atoms with E-state index in [0.29, 0.717) is 28.2 Å². The number of anilines is 1. The summed E-state index contributed by atoms with van der Waals surface area (Å²) >= 11 is 2.73. The third-order valence-corrected chi connectivity index (χ3v) is 6.53. The van der Waals surface area contributed by atoms with Crippen LogP contribution in [0.5, 0.6) is 0 Å². The molecule has 0 fully saturated rings. The second-order valence-corrected chi connectivity index (χ2v) is 8.52. The summed E-state index contributed by atoms with van der Waals surface area (Å²) in [6, 6.07) is 2.25. The van der Waals surface area contributed by atoms with Gasteiger partial charge in [0.15, 0.2) is 5.16 Å². The topological polar surface area (TPSA) is 104 Å². The van der Waals surface area contributed by atoms with Crippen LogP contribution in [0.25, 0.3) is 0 Å². The van der Waals surface area contributed by atoms with Gasteiger partial charge < -0.3 is 5.32 Å². The van der Waals surface area contributed by atoms with Crippen LogP contribution in [-0.2, 0) is 24.2 Å². The summed E-state index contributed by atoms with van der Waals surface area (Å²) < 4.78 is 1.53. The largest absolute Gasteiger partial charge is 0.343 e. The zero-order chi connectivity index (χ0) is 18.7. The Morgan fingerprint density at radius 3 is 3.12 bits per heavy atom. The number of thiophene rings is 1. The quantitative estimate of drug-likeness (QED) is 0.737. The predicted molar refractivity (Wildman–Crippen MR) is 103 cm³/mol. The van der Waals surface area contributed by atoms with Gasteiger partial charge in [0.1, 0.15) is 11.1 Å². The molecule has 3 rings (SSSR count). The highest BCUT2D eigenvalue weighted by Crippen LogP contribution is 2.39. The highest BCUT2D eigenvalue weighted by atomic mass is 32.2. The van der Waals surface area contributed by atoms with Crippen LogP contribution in [-0.4, -0.2) is 26.4 Å². The molecule has 2 aromatic heterocycles. The van der Waals surface area contributed by atoms with Gasteiger partial charge in [0.05, 0.1) is 11.3 Å². The number of fused-ring (bicyclic) bond motifs is 1. The van der Waals surface area contributed by atoms with E-state index in [1.807, 2.05) is 6.92 Å². The van der Waals surface area contributed by atoms with E-state index in [0.717, 1.165) is 31.2 Å². The van der Waals surface area contributed by atoms with E-state index in [2.05, 4.69) is 28.5 Å². The molecule has 2 heterocycles. The molecule has 0 aliphatic heterocycles. The molecule has 1 aliphatic carbocycles. The maximum atomic E-state index is 12.3. The fraction of sp³-hybridized carbons (Fsp3) is 0.529. The van der Waals surface area contributed by atoms with Crippen LogP contribution >= 0.6 is 23.1 Å². The number of aromatic nitrogens is 3. The minimum atomic E-state index is -0.262. The van der Waals surface area contributed by atoms with Crippen molar-refractivity contribution < 1.29 is 4.79 Å². The lowest BCUT2D eigenvalue weighted by Gasteiger charge is -2.17. The first kappa shape index (κ1) is 18.7. The van der Waals surface area contributed by atoms with Crippen molar-refractivity contribution >= 4 is 34.0 Å². The molecule has 1 amide bonds. The van der Waals surface area contributed by atoms with Crippen molar-refractivity contribution in [3.63, 3.8) is 0 Å². The van der Waals surface area contributed by atoms with Gasteiger partial charge in [0.25, 0.3) is 0 Å². The van der Waals surface area contributed by atoms with Crippen LogP contribution in [0.4, 0.5) is 5.00 Å². The maximum absolute atomic E-state index is 12.3. The van der Waals surface area contributed by atoms with Crippen LogP contribution < -0.4 is 11.0 Å². The van der Waals surface area contributed by atoms with Gasteiger partial charge in [0.2, 0.25) is 5.91 Å². The van der Waals surface area contributed by atoms with E-state index in [-0.39, 0.29) is 17.3 Å². The molecule has 0 aromatic carbocycles. The standard InChI is InChI=1S/C17H21N5O2S2/c1-3-6-22-16(24)20-21-17(22)25-9-14(23)19-15-12(8-18)11-5-4-10(2)7-13(11)26-15/h10H,3-7,9H2,1-2H3,(H,19,23)(H,20,24)/t10-/m1/s1. The minimum absolute atomic E-state index is 0.137.